The lowest BCUT2D eigenvalue weighted by atomic mass is 9.92. The Morgan fingerprint density at radius 2 is 1.74 bits per heavy atom. The Morgan fingerprint density at radius 1 is 1.02 bits per heavy atom. The first-order valence-corrected chi connectivity index (χ1v) is 16.1. The standard InChI is InChI=1S/C38H32N6O6/c1-22-20-48-21-31(22)50-37(45)42-32-16-26-15-27(29-18-41-36-35(23(29)2)44(38(46)47)13-14-49-36)28(17-39)34(30(26)19-40-32)43-33(24-9-5-3-6-10-24)25-11-7-4-8-12-25/h3-12,15-16,18-19,22,31H,13-14,20-21H2,1-2H3,(H,46,47)(H,40,42,45)/t22-,31-/m0/s1. The van der Waals surface area contributed by atoms with Crippen LogP contribution in [-0.2, 0) is 9.47 Å². The molecule has 0 unspecified atom stereocenters. The number of ether oxygens (including phenoxy) is 3. The van der Waals surface area contributed by atoms with Gasteiger partial charge in [0.2, 0.25) is 5.88 Å². The van der Waals surface area contributed by atoms with Gasteiger partial charge in [-0.05, 0) is 30.0 Å². The molecule has 7 rings (SSSR count). The van der Waals surface area contributed by atoms with E-state index < -0.39 is 12.2 Å². The molecule has 3 aromatic carbocycles. The molecule has 2 atom stereocenters. The number of hydrogen-bond donors (Lipinski definition) is 2. The second-order valence-electron chi connectivity index (χ2n) is 12.1. The van der Waals surface area contributed by atoms with Crippen LogP contribution < -0.4 is 15.0 Å². The van der Waals surface area contributed by atoms with Crippen molar-refractivity contribution in [2.75, 3.05) is 36.6 Å². The number of hydrogen-bond acceptors (Lipinski definition) is 9. The average molecular weight is 669 g/mol. The van der Waals surface area contributed by atoms with E-state index in [-0.39, 0.29) is 42.4 Å². The van der Waals surface area contributed by atoms with Crippen LogP contribution >= 0.6 is 0 Å². The Morgan fingerprint density at radius 3 is 2.38 bits per heavy atom. The van der Waals surface area contributed by atoms with E-state index >= 15 is 0 Å². The molecule has 50 heavy (non-hydrogen) atoms. The van der Waals surface area contributed by atoms with E-state index in [1.807, 2.05) is 67.6 Å². The zero-order valence-electron chi connectivity index (χ0n) is 27.3. The summed E-state index contributed by atoms with van der Waals surface area (Å²) in [5, 5.41) is 24.7. The zero-order valence-corrected chi connectivity index (χ0v) is 27.3. The molecular formula is C38H32N6O6. The summed E-state index contributed by atoms with van der Waals surface area (Å²) in [6, 6.07) is 25.2. The number of anilines is 2. The number of aromatic nitrogens is 2. The van der Waals surface area contributed by atoms with Gasteiger partial charge < -0.3 is 19.3 Å². The maximum Gasteiger partial charge on any atom is 0.413 e. The number of amides is 2. The number of aliphatic imine (C=N–C) groups is 1. The summed E-state index contributed by atoms with van der Waals surface area (Å²) in [7, 11) is 0. The van der Waals surface area contributed by atoms with Gasteiger partial charge in [-0.15, -0.1) is 0 Å². The second-order valence-corrected chi connectivity index (χ2v) is 12.1. The van der Waals surface area contributed by atoms with Crippen molar-refractivity contribution in [3.05, 3.63) is 107 Å². The SMILES string of the molecule is Cc1c(-c2cc3cc(NC(=O)O[C@H]4COC[C@@H]4C)ncc3c(N=C(c3ccccc3)c3ccccc3)c2C#N)cnc2c1N(C(=O)O)CCO2. The van der Waals surface area contributed by atoms with Crippen molar-refractivity contribution in [2.45, 2.75) is 20.0 Å². The van der Waals surface area contributed by atoms with Gasteiger partial charge in [0.15, 0.2) is 0 Å². The Balaban J connectivity index is 1.44. The van der Waals surface area contributed by atoms with Gasteiger partial charge in [-0.1, -0.05) is 67.6 Å². The number of benzene rings is 3. The molecule has 0 spiro atoms. The predicted octanol–water partition coefficient (Wildman–Crippen LogP) is 7.11. The number of pyridine rings is 2. The normalized spacial score (nSPS) is 16.5. The summed E-state index contributed by atoms with van der Waals surface area (Å²) in [4.78, 5) is 40.5. The topological polar surface area (TPSA) is 159 Å². The molecule has 2 N–H and O–H groups in total. The summed E-state index contributed by atoms with van der Waals surface area (Å²) in [6.45, 7) is 4.87. The number of nitrogens with one attached hydrogen (secondary N) is 1. The Bertz CT molecular complexity index is 2140. The molecule has 2 aliphatic heterocycles. The van der Waals surface area contributed by atoms with Crippen molar-refractivity contribution >= 4 is 45.9 Å². The third kappa shape index (κ3) is 6.18. The highest BCUT2D eigenvalue weighted by Crippen LogP contribution is 2.44. The van der Waals surface area contributed by atoms with Crippen molar-refractivity contribution in [1.82, 2.24) is 9.97 Å². The van der Waals surface area contributed by atoms with Crippen molar-refractivity contribution < 1.29 is 28.9 Å². The van der Waals surface area contributed by atoms with E-state index in [4.69, 9.17) is 19.2 Å². The molecule has 12 nitrogen and oxygen atoms in total. The third-order valence-corrected chi connectivity index (χ3v) is 8.83. The second kappa shape index (κ2) is 13.7. The van der Waals surface area contributed by atoms with Crippen LogP contribution in [0, 0.1) is 24.2 Å². The maximum absolute atomic E-state index is 12.9. The van der Waals surface area contributed by atoms with E-state index in [2.05, 4.69) is 21.4 Å². The van der Waals surface area contributed by atoms with Crippen LogP contribution in [0.3, 0.4) is 0 Å². The van der Waals surface area contributed by atoms with Crippen molar-refractivity contribution in [3.63, 3.8) is 0 Å². The van der Waals surface area contributed by atoms with Crippen LogP contribution in [0.25, 0.3) is 21.9 Å². The smallest absolute Gasteiger partial charge is 0.413 e. The van der Waals surface area contributed by atoms with Gasteiger partial charge in [-0.3, -0.25) is 10.2 Å². The molecule has 1 fully saturated rings. The molecule has 0 radical (unpaired) electrons. The lowest BCUT2D eigenvalue weighted by molar-refractivity contribution is 0.0843. The van der Waals surface area contributed by atoms with Crippen molar-refractivity contribution in [2.24, 2.45) is 10.9 Å². The fourth-order valence-electron chi connectivity index (χ4n) is 6.25. The lowest BCUT2D eigenvalue weighted by Crippen LogP contribution is -2.37. The number of carbonyl (C=O) groups excluding carboxylic acids is 1. The monoisotopic (exact) mass is 668 g/mol. The minimum atomic E-state index is -1.14. The van der Waals surface area contributed by atoms with Gasteiger partial charge in [-0.25, -0.2) is 24.5 Å². The molecule has 2 aliphatic rings. The summed E-state index contributed by atoms with van der Waals surface area (Å²) in [6.07, 6.45) is 0.979. The van der Waals surface area contributed by atoms with Crippen molar-refractivity contribution in [1.29, 1.82) is 5.26 Å². The van der Waals surface area contributed by atoms with Gasteiger partial charge in [0, 0.05) is 46.0 Å². The first kappa shape index (κ1) is 32.2. The molecule has 4 heterocycles. The minimum Gasteiger partial charge on any atom is -0.474 e. The van der Waals surface area contributed by atoms with Crippen LogP contribution in [0.15, 0.2) is 90.2 Å². The number of nitriles is 1. The molecule has 5 aromatic rings. The van der Waals surface area contributed by atoms with Gasteiger partial charge in [-0.2, -0.15) is 5.26 Å². The van der Waals surface area contributed by atoms with E-state index in [9.17, 15) is 20.0 Å². The number of nitrogens with zero attached hydrogens (tertiary/aromatic N) is 5. The van der Waals surface area contributed by atoms with E-state index in [1.165, 1.54) is 4.90 Å². The summed E-state index contributed by atoms with van der Waals surface area (Å²) in [5.41, 5.74) is 4.77. The van der Waals surface area contributed by atoms with Gasteiger partial charge >= 0.3 is 12.2 Å². The van der Waals surface area contributed by atoms with E-state index in [0.717, 1.165) is 11.1 Å². The van der Waals surface area contributed by atoms with E-state index in [1.54, 1.807) is 31.5 Å². The van der Waals surface area contributed by atoms with Crippen LogP contribution in [0.5, 0.6) is 5.88 Å². The van der Waals surface area contributed by atoms with E-state index in [0.29, 0.717) is 57.8 Å². The van der Waals surface area contributed by atoms with Crippen LogP contribution in [0.1, 0.15) is 29.2 Å². The highest BCUT2D eigenvalue weighted by atomic mass is 16.6. The fraction of sp³-hybridized carbons (Fsp3) is 0.211. The van der Waals surface area contributed by atoms with Gasteiger partial charge in [0.25, 0.3) is 0 Å². The summed E-state index contributed by atoms with van der Waals surface area (Å²) < 4.78 is 16.7. The summed E-state index contributed by atoms with van der Waals surface area (Å²) in [5.74, 6) is 0.498. The maximum atomic E-state index is 12.9. The van der Waals surface area contributed by atoms with Crippen LogP contribution in [-0.4, -0.2) is 65.4 Å². The summed E-state index contributed by atoms with van der Waals surface area (Å²) >= 11 is 0. The Labute approximate surface area is 287 Å². The average Bonchev–Trinajstić information content (AvgIpc) is 3.54. The Hall–Kier alpha value is -6.32. The largest absolute Gasteiger partial charge is 0.474 e. The highest BCUT2D eigenvalue weighted by Gasteiger charge is 2.30. The zero-order chi connectivity index (χ0) is 34.8. The number of carboxylic acid groups (broad SMARTS) is 1. The fourth-order valence-corrected chi connectivity index (χ4v) is 6.25. The predicted molar refractivity (Wildman–Crippen MR) is 187 cm³/mol. The van der Waals surface area contributed by atoms with Gasteiger partial charge in [0.1, 0.15) is 30.3 Å². The first-order valence-electron chi connectivity index (χ1n) is 16.1. The Kier molecular flexibility index (Phi) is 8.81. The third-order valence-electron chi connectivity index (χ3n) is 8.83. The van der Waals surface area contributed by atoms with Crippen molar-refractivity contribution in [3.8, 4) is 23.1 Å². The number of rotatable bonds is 6. The van der Waals surface area contributed by atoms with Crippen LogP contribution in [0.2, 0.25) is 0 Å². The molecular weight excluding hydrogens is 636 g/mol. The molecule has 2 aromatic heterocycles. The number of fused-ring (bicyclic) bond motifs is 2. The lowest BCUT2D eigenvalue weighted by Gasteiger charge is -2.29. The molecule has 0 saturated carbocycles. The van der Waals surface area contributed by atoms with Gasteiger partial charge in [0.05, 0.1) is 36.7 Å². The first-order chi connectivity index (χ1) is 24.3. The molecule has 12 heteroatoms. The molecule has 2 amide bonds. The molecule has 0 bridgehead atoms. The minimum absolute atomic E-state index is 0.0667. The molecule has 250 valence electrons. The quantitative estimate of drug-likeness (QED) is 0.180. The number of carbonyl (C=O) groups is 2. The van der Waals surface area contributed by atoms with Crippen LogP contribution in [0.4, 0.5) is 26.8 Å². The molecule has 1 saturated heterocycles. The molecule has 0 aliphatic carbocycles. The highest BCUT2D eigenvalue weighted by molar-refractivity contribution is 6.16.